The standard InChI is InChI=1S/C17H26N2O/c18-15-6-2-1-5-14(15)13-9-11-19(12-10-13)16-7-3-4-8-17(16)20/h1-2,5-6,13,16-17,20H,3-4,7-12,18H2/t16?,17-/m1/s1. The van der Waals surface area contributed by atoms with Gasteiger partial charge in [-0.15, -0.1) is 0 Å². The number of hydrogen-bond donors (Lipinski definition) is 2. The van der Waals surface area contributed by atoms with Gasteiger partial charge in [-0.1, -0.05) is 31.0 Å². The number of anilines is 1. The normalized spacial score (nSPS) is 29.4. The highest BCUT2D eigenvalue weighted by Crippen LogP contribution is 2.34. The van der Waals surface area contributed by atoms with Gasteiger partial charge in [0, 0.05) is 11.7 Å². The third kappa shape index (κ3) is 2.84. The Kier molecular flexibility index (Phi) is 4.27. The maximum Gasteiger partial charge on any atom is 0.0695 e. The van der Waals surface area contributed by atoms with Gasteiger partial charge in [-0.25, -0.2) is 0 Å². The number of nitrogens with zero attached hydrogens (tertiary/aromatic N) is 1. The Balaban J connectivity index is 1.61. The van der Waals surface area contributed by atoms with Crippen molar-refractivity contribution in [3.63, 3.8) is 0 Å². The lowest BCUT2D eigenvalue weighted by molar-refractivity contribution is 0.00873. The van der Waals surface area contributed by atoms with Crippen LogP contribution in [0.3, 0.4) is 0 Å². The first-order valence-electron chi connectivity index (χ1n) is 8.02. The van der Waals surface area contributed by atoms with Crippen LogP contribution in [0.2, 0.25) is 0 Å². The summed E-state index contributed by atoms with van der Waals surface area (Å²) in [7, 11) is 0. The highest BCUT2D eigenvalue weighted by Gasteiger charge is 2.31. The summed E-state index contributed by atoms with van der Waals surface area (Å²) in [6, 6.07) is 8.67. The first-order chi connectivity index (χ1) is 9.75. The Bertz CT molecular complexity index is 440. The van der Waals surface area contributed by atoms with E-state index in [1.807, 2.05) is 12.1 Å². The maximum atomic E-state index is 10.2. The topological polar surface area (TPSA) is 49.5 Å². The van der Waals surface area contributed by atoms with Crippen LogP contribution in [0.25, 0.3) is 0 Å². The van der Waals surface area contributed by atoms with Crippen LogP contribution in [0.4, 0.5) is 5.69 Å². The van der Waals surface area contributed by atoms with E-state index in [0.29, 0.717) is 12.0 Å². The fourth-order valence-corrected chi connectivity index (χ4v) is 3.94. The highest BCUT2D eigenvalue weighted by atomic mass is 16.3. The first-order valence-corrected chi connectivity index (χ1v) is 8.02. The molecule has 0 amide bonds. The van der Waals surface area contributed by atoms with Gasteiger partial charge in [-0.05, 0) is 56.3 Å². The minimum atomic E-state index is -0.109. The summed E-state index contributed by atoms with van der Waals surface area (Å²) in [5, 5.41) is 10.2. The zero-order valence-corrected chi connectivity index (χ0v) is 12.2. The summed E-state index contributed by atoms with van der Waals surface area (Å²) in [6.07, 6.45) is 6.83. The van der Waals surface area contributed by atoms with E-state index in [1.165, 1.54) is 24.8 Å². The van der Waals surface area contributed by atoms with Crippen LogP contribution < -0.4 is 5.73 Å². The van der Waals surface area contributed by atoms with E-state index in [1.54, 1.807) is 0 Å². The molecule has 0 radical (unpaired) electrons. The van der Waals surface area contributed by atoms with E-state index in [0.717, 1.165) is 38.0 Å². The second-order valence-corrected chi connectivity index (χ2v) is 6.36. The van der Waals surface area contributed by atoms with Crippen molar-refractivity contribution in [1.29, 1.82) is 0 Å². The van der Waals surface area contributed by atoms with E-state index in [2.05, 4.69) is 17.0 Å². The Morgan fingerprint density at radius 2 is 1.70 bits per heavy atom. The minimum absolute atomic E-state index is 0.109. The van der Waals surface area contributed by atoms with Gasteiger partial charge >= 0.3 is 0 Å². The molecule has 1 saturated heterocycles. The zero-order valence-electron chi connectivity index (χ0n) is 12.2. The highest BCUT2D eigenvalue weighted by molar-refractivity contribution is 5.48. The van der Waals surface area contributed by atoms with E-state index in [9.17, 15) is 5.11 Å². The Hall–Kier alpha value is -1.06. The smallest absolute Gasteiger partial charge is 0.0695 e. The van der Waals surface area contributed by atoms with Crippen LogP contribution in [-0.2, 0) is 0 Å². The molecule has 3 N–H and O–H groups in total. The lowest BCUT2D eigenvalue weighted by Crippen LogP contribution is -2.48. The number of likely N-dealkylation sites (tertiary alicyclic amines) is 1. The predicted octanol–water partition coefficient (Wildman–Crippen LogP) is 2.75. The molecule has 0 bridgehead atoms. The van der Waals surface area contributed by atoms with E-state index in [4.69, 9.17) is 5.73 Å². The number of para-hydroxylation sites is 1. The minimum Gasteiger partial charge on any atom is -0.398 e. The van der Waals surface area contributed by atoms with Crippen molar-refractivity contribution in [2.45, 2.75) is 56.6 Å². The SMILES string of the molecule is Nc1ccccc1C1CCN(C2CCCC[C@H]2O)CC1. The molecular formula is C17H26N2O. The lowest BCUT2D eigenvalue weighted by Gasteiger charge is -2.41. The molecule has 2 aliphatic rings. The number of benzene rings is 1. The monoisotopic (exact) mass is 274 g/mol. The lowest BCUT2D eigenvalue weighted by atomic mass is 9.85. The molecule has 2 atom stereocenters. The molecule has 3 rings (SSSR count). The molecule has 3 nitrogen and oxygen atoms in total. The van der Waals surface area contributed by atoms with Crippen molar-refractivity contribution in [3.05, 3.63) is 29.8 Å². The van der Waals surface area contributed by atoms with Gasteiger partial charge in [-0.3, -0.25) is 4.90 Å². The van der Waals surface area contributed by atoms with Crippen LogP contribution in [0.1, 0.15) is 50.0 Å². The Labute approximate surface area is 121 Å². The molecule has 1 saturated carbocycles. The fraction of sp³-hybridized carbons (Fsp3) is 0.647. The van der Waals surface area contributed by atoms with Gasteiger partial charge < -0.3 is 10.8 Å². The summed E-state index contributed by atoms with van der Waals surface area (Å²) in [5.74, 6) is 0.591. The van der Waals surface area contributed by atoms with Gasteiger partial charge in [0.2, 0.25) is 0 Å². The van der Waals surface area contributed by atoms with Crippen LogP contribution >= 0.6 is 0 Å². The van der Waals surface area contributed by atoms with Gasteiger partial charge in [0.15, 0.2) is 0 Å². The van der Waals surface area contributed by atoms with E-state index < -0.39 is 0 Å². The largest absolute Gasteiger partial charge is 0.398 e. The third-order valence-corrected chi connectivity index (χ3v) is 5.13. The molecule has 0 aromatic heterocycles. The van der Waals surface area contributed by atoms with Crippen LogP contribution in [-0.4, -0.2) is 35.2 Å². The summed E-state index contributed by atoms with van der Waals surface area (Å²) in [4.78, 5) is 2.51. The quantitative estimate of drug-likeness (QED) is 0.815. The van der Waals surface area contributed by atoms with Crippen molar-refractivity contribution >= 4 is 5.69 Å². The van der Waals surface area contributed by atoms with E-state index in [-0.39, 0.29) is 6.10 Å². The summed E-state index contributed by atoms with van der Waals surface area (Å²) >= 11 is 0. The van der Waals surface area contributed by atoms with Crippen molar-refractivity contribution in [2.75, 3.05) is 18.8 Å². The van der Waals surface area contributed by atoms with Crippen molar-refractivity contribution in [3.8, 4) is 0 Å². The molecular weight excluding hydrogens is 248 g/mol. The molecule has 1 aromatic carbocycles. The van der Waals surface area contributed by atoms with Crippen LogP contribution in [0, 0.1) is 0 Å². The molecule has 110 valence electrons. The number of hydrogen-bond acceptors (Lipinski definition) is 3. The number of nitrogen functional groups attached to an aromatic ring is 1. The number of rotatable bonds is 2. The summed E-state index contributed by atoms with van der Waals surface area (Å²) in [5.41, 5.74) is 8.35. The molecule has 3 heteroatoms. The molecule has 1 aliphatic carbocycles. The number of nitrogens with two attached hydrogens (primary N) is 1. The Morgan fingerprint density at radius 1 is 1.00 bits per heavy atom. The molecule has 1 aliphatic heterocycles. The first kappa shape index (κ1) is 13.9. The van der Waals surface area contributed by atoms with Crippen molar-refractivity contribution < 1.29 is 5.11 Å². The zero-order chi connectivity index (χ0) is 13.9. The average Bonchev–Trinajstić information content (AvgIpc) is 2.49. The fourth-order valence-electron chi connectivity index (χ4n) is 3.94. The molecule has 1 heterocycles. The number of aliphatic hydroxyl groups is 1. The molecule has 1 unspecified atom stereocenters. The average molecular weight is 274 g/mol. The second kappa shape index (κ2) is 6.15. The second-order valence-electron chi connectivity index (χ2n) is 6.36. The van der Waals surface area contributed by atoms with Crippen molar-refractivity contribution in [1.82, 2.24) is 4.90 Å². The van der Waals surface area contributed by atoms with Gasteiger partial charge in [0.25, 0.3) is 0 Å². The molecule has 2 fully saturated rings. The number of aliphatic hydroxyl groups excluding tert-OH is 1. The van der Waals surface area contributed by atoms with Gasteiger partial charge in [0.1, 0.15) is 0 Å². The number of piperidine rings is 1. The molecule has 0 spiro atoms. The van der Waals surface area contributed by atoms with Crippen molar-refractivity contribution in [2.24, 2.45) is 0 Å². The maximum absolute atomic E-state index is 10.2. The molecule has 20 heavy (non-hydrogen) atoms. The van der Waals surface area contributed by atoms with Crippen LogP contribution in [0.5, 0.6) is 0 Å². The predicted molar refractivity (Wildman–Crippen MR) is 82.7 cm³/mol. The summed E-state index contributed by atoms with van der Waals surface area (Å²) in [6.45, 7) is 2.20. The third-order valence-electron chi connectivity index (χ3n) is 5.13. The van der Waals surface area contributed by atoms with Gasteiger partial charge in [0.05, 0.1) is 6.10 Å². The van der Waals surface area contributed by atoms with E-state index >= 15 is 0 Å². The van der Waals surface area contributed by atoms with Gasteiger partial charge in [-0.2, -0.15) is 0 Å². The Morgan fingerprint density at radius 3 is 2.40 bits per heavy atom. The summed E-state index contributed by atoms with van der Waals surface area (Å²) < 4.78 is 0. The van der Waals surface area contributed by atoms with Crippen LogP contribution in [0.15, 0.2) is 24.3 Å². The molecule has 1 aromatic rings.